The van der Waals surface area contributed by atoms with Crippen LogP contribution < -0.4 is 4.90 Å². The summed E-state index contributed by atoms with van der Waals surface area (Å²) in [5.41, 5.74) is 2.16. The second-order valence-corrected chi connectivity index (χ2v) is 7.22. The Labute approximate surface area is 165 Å². The van der Waals surface area contributed by atoms with Gasteiger partial charge in [0.25, 0.3) is 0 Å². The van der Waals surface area contributed by atoms with Gasteiger partial charge in [-0.05, 0) is 37.3 Å². The first-order valence-electron chi connectivity index (χ1n) is 9.36. The van der Waals surface area contributed by atoms with Crippen LogP contribution in [0.25, 0.3) is 11.0 Å². The van der Waals surface area contributed by atoms with Gasteiger partial charge < -0.3 is 14.3 Å². The molecule has 29 heavy (non-hydrogen) atoms. The van der Waals surface area contributed by atoms with Crippen molar-refractivity contribution in [3.63, 3.8) is 0 Å². The summed E-state index contributed by atoms with van der Waals surface area (Å²) in [6.45, 7) is 3.82. The number of carbonyl (C=O) groups excluding carboxylic acids is 1. The van der Waals surface area contributed by atoms with Gasteiger partial charge in [0, 0.05) is 37.3 Å². The topological polar surface area (TPSA) is 49.6 Å². The number of carbonyl (C=O) groups is 1. The van der Waals surface area contributed by atoms with E-state index in [1.807, 2.05) is 30.0 Å². The van der Waals surface area contributed by atoms with E-state index in [4.69, 9.17) is 4.52 Å². The number of hydrogen-bond donors (Lipinski definition) is 0. The van der Waals surface area contributed by atoms with Gasteiger partial charge in [-0.25, -0.2) is 0 Å². The van der Waals surface area contributed by atoms with Crippen molar-refractivity contribution in [3.8, 4) is 0 Å². The molecule has 0 radical (unpaired) electrons. The summed E-state index contributed by atoms with van der Waals surface area (Å²) in [5, 5.41) is 4.86. The highest BCUT2D eigenvalue weighted by Crippen LogP contribution is 2.32. The van der Waals surface area contributed by atoms with Crippen LogP contribution in [0, 0.1) is 6.92 Å². The molecule has 2 aromatic carbocycles. The minimum Gasteiger partial charge on any atom is -0.368 e. The van der Waals surface area contributed by atoms with Gasteiger partial charge in [0.15, 0.2) is 5.58 Å². The van der Waals surface area contributed by atoms with Crippen molar-refractivity contribution in [3.05, 3.63) is 59.3 Å². The molecule has 3 aromatic rings. The Morgan fingerprint density at radius 1 is 1.10 bits per heavy atom. The van der Waals surface area contributed by atoms with Crippen LogP contribution in [0.1, 0.15) is 16.8 Å². The Morgan fingerprint density at radius 2 is 1.86 bits per heavy atom. The molecule has 2 heterocycles. The fourth-order valence-electron chi connectivity index (χ4n) is 3.58. The lowest BCUT2D eigenvalue weighted by atomic mass is 10.1. The molecule has 8 heteroatoms. The van der Waals surface area contributed by atoms with E-state index in [9.17, 15) is 18.0 Å². The zero-order chi connectivity index (χ0) is 20.6. The van der Waals surface area contributed by atoms with Crippen LogP contribution in [-0.4, -0.2) is 42.1 Å². The lowest BCUT2D eigenvalue weighted by Crippen LogP contribution is -2.49. The Morgan fingerprint density at radius 3 is 2.59 bits per heavy atom. The molecular formula is C21H20F3N3O2. The Hall–Kier alpha value is -3.03. The highest BCUT2D eigenvalue weighted by molar-refractivity contribution is 5.86. The molecule has 0 spiro atoms. The molecule has 5 nitrogen and oxygen atoms in total. The summed E-state index contributed by atoms with van der Waals surface area (Å²) in [5.74, 6) is -0.0644. The summed E-state index contributed by atoms with van der Waals surface area (Å²) in [4.78, 5) is 16.3. The van der Waals surface area contributed by atoms with E-state index in [0.29, 0.717) is 43.1 Å². The van der Waals surface area contributed by atoms with Gasteiger partial charge in [-0.2, -0.15) is 13.2 Å². The molecular weight excluding hydrogens is 383 g/mol. The molecule has 0 bridgehead atoms. The lowest BCUT2D eigenvalue weighted by molar-refractivity contribution is -0.137. The largest absolute Gasteiger partial charge is 0.416 e. The number of piperazine rings is 1. The maximum absolute atomic E-state index is 12.9. The molecule has 1 aliphatic heterocycles. The molecule has 0 N–H and O–H groups in total. The minimum absolute atomic E-state index is 0.0644. The third-order valence-corrected chi connectivity index (χ3v) is 5.19. The average Bonchev–Trinajstić information content (AvgIpc) is 3.09. The number of amides is 1. The summed E-state index contributed by atoms with van der Waals surface area (Å²) < 4.78 is 44.1. The molecule has 0 saturated carbocycles. The van der Waals surface area contributed by atoms with E-state index in [2.05, 4.69) is 5.16 Å². The Bertz CT molecular complexity index is 1040. The van der Waals surface area contributed by atoms with Crippen molar-refractivity contribution >= 4 is 22.6 Å². The van der Waals surface area contributed by atoms with E-state index in [1.165, 1.54) is 6.07 Å². The number of nitrogens with zero attached hydrogens (tertiary/aromatic N) is 3. The first-order valence-corrected chi connectivity index (χ1v) is 9.36. The molecule has 1 aliphatic rings. The molecule has 1 aromatic heterocycles. The van der Waals surface area contributed by atoms with Gasteiger partial charge in [0.1, 0.15) is 5.69 Å². The molecule has 1 fully saturated rings. The number of alkyl halides is 3. The number of benzene rings is 2. The van der Waals surface area contributed by atoms with Crippen LogP contribution in [-0.2, 0) is 17.4 Å². The van der Waals surface area contributed by atoms with Gasteiger partial charge in [0.2, 0.25) is 5.91 Å². The molecule has 1 saturated heterocycles. The van der Waals surface area contributed by atoms with Crippen molar-refractivity contribution in [1.82, 2.24) is 10.1 Å². The van der Waals surface area contributed by atoms with Crippen molar-refractivity contribution < 1.29 is 22.5 Å². The van der Waals surface area contributed by atoms with Crippen molar-refractivity contribution in [2.45, 2.75) is 19.5 Å². The fourth-order valence-corrected chi connectivity index (χ4v) is 3.58. The quantitative estimate of drug-likeness (QED) is 0.662. The van der Waals surface area contributed by atoms with Crippen molar-refractivity contribution in [2.75, 3.05) is 31.1 Å². The molecule has 4 rings (SSSR count). The number of aryl methyl sites for hydroxylation is 1. The van der Waals surface area contributed by atoms with Gasteiger partial charge in [-0.1, -0.05) is 22.9 Å². The third-order valence-electron chi connectivity index (χ3n) is 5.19. The Kier molecular flexibility index (Phi) is 4.94. The molecule has 0 aliphatic carbocycles. The van der Waals surface area contributed by atoms with E-state index >= 15 is 0 Å². The van der Waals surface area contributed by atoms with E-state index in [0.717, 1.165) is 23.1 Å². The SMILES string of the molecule is Cc1ccc2onc(CC(=O)N3CCN(c4cccc(C(F)(F)F)c4)CC3)c2c1. The normalized spacial score (nSPS) is 15.2. The highest BCUT2D eigenvalue weighted by atomic mass is 19.4. The predicted octanol–water partition coefficient (Wildman–Crippen LogP) is 4.05. The fraction of sp³-hybridized carbons (Fsp3) is 0.333. The molecule has 1 amide bonds. The van der Waals surface area contributed by atoms with Crippen LogP contribution in [0.15, 0.2) is 47.0 Å². The number of rotatable bonds is 3. The molecule has 152 valence electrons. The van der Waals surface area contributed by atoms with E-state index < -0.39 is 11.7 Å². The zero-order valence-electron chi connectivity index (χ0n) is 15.9. The summed E-state index contributed by atoms with van der Waals surface area (Å²) in [7, 11) is 0. The summed E-state index contributed by atoms with van der Waals surface area (Å²) in [6.07, 6.45) is -4.23. The Balaban J connectivity index is 1.40. The second-order valence-electron chi connectivity index (χ2n) is 7.22. The lowest BCUT2D eigenvalue weighted by Gasteiger charge is -2.36. The van der Waals surface area contributed by atoms with E-state index in [-0.39, 0.29) is 12.3 Å². The van der Waals surface area contributed by atoms with Crippen LogP contribution in [0.5, 0.6) is 0 Å². The number of aromatic nitrogens is 1. The first kappa shape index (κ1) is 19.3. The standard InChI is InChI=1S/C21H20F3N3O2/c1-14-5-6-19-17(11-14)18(25-29-19)13-20(28)27-9-7-26(8-10-27)16-4-2-3-15(12-16)21(22,23)24/h2-6,11-12H,7-10,13H2,1H3. The molecule has 0 atom stereocenters. The van der Waals surface area contributed by atoms with Crippen LogP contribution >= 0.6 is 0 Å². The summed E-state index contributed by atoms with van der Waals surface area (Å²) in [6, 6.07) is 11.0. The zero-order valence-corrected chi connectivity index (χ0v) is 15.9. The predicted molar refractivity (Wildman–Crippen MR) is 103 cm³/mol. The monoisotopic (exact) mass is 403 g/mol. The maximum atomic E-state index is 12.9. The maximum Gasteiger partial charge on any atom is 0.416 e. The van der Waals surface area contributed by atoms with Crippen LogP contribution in [0.2, 0.25) is 0 Å². The van der Waals surface area contributed by atoms with Crippen LogP contribution in [0.4, 0.5) is 18.9 Å². The number of halogens is 3. The number of anilines is 1. The van der Waals surface area contributed by atoms with Gasteiger partial charge >= 0.3 is 6.18 Å². The third kappa shape index (κ3) is 4.06. The van der Waals surface area contributed by atoms with Crippen molar-refractivity contribution in [2.24, 2.45) is 0 Å². The van der Waals surface area contributed by atoms with E-state index in [1.54, 1.807) is 11.0 Å². The highest BCUT2D eigenvalue weighted by Gasteiger charge is 2.31. The first-order chi connectivity index (χ1) is 13.8. The van der Waals surface area contributed by atoms with Gasteiger partial charge in [-0.3, -0.25) is 4.79 Å². The number of fused-ring (bicyclic) bond motifs is 1. The average molecular weight is 403 g/mol. The number of hydrogen-bond acceptors (Lipinski definition) is 4. The van der Waals surface area contributed by atoms with Gasteiger partial charge in [-0.15, -0.1) is 0 Å². The van der Waals surface area contributed by atoms with Crippen molar-refractivity contribution in [1.29, 1.82) is 0 Å². The second kappa shape index (κ2) is 7.42. The minimum atomic E-state index is -4.37. The van der Waals surface area contributed by atoms with Gasteiger partial charge in [0.05, 0.1) is 12.0 Å². The van der Waals surface area contributed by atoms with Crippen LogP contribution in [0.3, 0.4) is 0 Å². The molecule has 0 unspecified atom stereocenters. The summed E-state index contributed by atoms with van der Waals surface area (Å²) >= 11 is 0. The smallest absolute Gasteiger partial charge is 0.368 e.